The van der Waals surface area contributed by atoms with Crippen LogP contribution in [0, 0.1) is 0 Å². The molecule has 0 aliphatic rings. The maximum absolute atomic E-state index is 5.62. The van der Waals surface area contributed by atoms with Gasteiger partial charge in [0.2, 0.25) is 5.95 Å². The van der Waals surface area contributed by atoms with Crippen molar-refractivity contribution >= 4 is 22.8 Å². The van der Waals surface area contributed by atoms with Crippen LogP contribution in [-0.2, 0) is 0 Å². The number of rotatable bonds is 5. The van der Waals surface area contributed by atoms with E-state index in [1.54, 1.807) is 6.20 Å². The van der Waals surface area contributed by atoms with Crippen molar-refractivity contribution in [3.05, 3.63) is 6.20 Å². The Morgan fingerprint density at radius 2 is 2.29 bits per heavy atom. The molecule has 0 radical (unpaired) electrons. The second kappa shape index (κ2) is 4.96. The summed E-state index contributed by atoms with van der Waals surface area (Å²) in [6.07, 6.45) is 1.70. The molecule has 0 spiro atoms. The van der Waals surface area contributed by atoms with Crippen LogP contribution in [0.5, 0.6) is 0 Å². The summed E-state index contributed by atoms with van der Waals surface area (Å²) in [6, 6.07) is 0. The van der Waals surface area contributed by atoms with Gasteiger partial charge in [0.1, 0.15) is 5.82 Å². The van der Waals surface area contributed by atoms with Gasteiger partial charge < -0.3 is 16.0 Å². The molecule has 4 N–H and O–H groups in total. The third-order valence-electron chi connectivity index (χ3n) is 2.65. The molecule has 0 amide bonds. The average Bonchev–Trinajstić information content (AvgIpc) is 2.76. The van der Waals surface area contributed by atoms with Crippen molar-refractivity contribution in [3.8, 4) is 0 Å². The molecule has 0 saturated carbocycles. The number of aromatic nitrogens is 4. The van der Waals surface area contributed by atoms with Gasteiger partial charge in [-0.25, -0.2) is 0 Å². The normalized spacial score (nSPS) is 11.2. The van der Waals surface area contributed by atoms with E-state index in [0.717, 1.165) is 30.8 Å². The summed E-state index contributed by atoms with van der Waals surface area (Å²) in [4.78, 5) is 10.4. The van der Waals surface area contributed by atoms with Crippen LogP contribution in [-0.4, -0.2) is 51.7 Å². The van der Waals surface area contributed by atoms with Crippen molar-refractivity contribution in [1.29, 1.82) is 0 Å². The molecule has 2 heterocycles. The Bertz CT molecular complexity index is 492. The summed E-state index contributed by atoms with van der Waals surface area (Å²) in [6.45, 7) is 4.90. The molecule has 0 aliphatic heterocycles. The number of likely N-dealkylation sites (N-methyl/N-ethyl adjacent to an activating group) is 1. The number of hydrogen-bond acceptors (Lipinski definition) is 6. The van der Waals surface area contributed by atoms with E-state index in [1.807, 2.05) is 0 Å². The number of nitrogens with zero attached hydrogens (tertiary/aromatic N) is 4. The van der Waals surface area contributed by atoms with Gasteiger partial charge in [0.25, 0.3) is 0 Å². The highest BCUT2D eigenvalue weighted by Gasteiger charge is 2.07. The first-order valence-corrected chi connectivity index (χ1v) is 5.59. The number of hydrogen-bond donors (Lipinski definition) is 3. The van der Waals surface area contributed by atoms with Gasteiger partial charge in [-0.15, -0.1) is 0 Å². The molecular weight excluding hydrogens is 218 g/mol. The lowest BCUT2D eigenvalue weighted by Gasteiger charge is -2.14. The molecule has 0 aromatic carbocycles. The minimum atomic E-state index is 0.244. The van der Waals surface area contributed by atoms with Gasteiger partial charge in [0.15, 0.2) is 5.65 Å². The molecule has 92 valence electrons. The molecule has 0 atom stereocenters. The van der Waals surface area contributed by atoms with Crippen LogP contribution in [0.15, 0.2) is 6.20 Å². The van der Waals surface area contributed by atoms with Crippen molar-refractivity contribution in [2.45, 2.75) is 6.92 Å². The molecule has 0 aliphatic carbocycles. The lowest BCUT2D eigenvalue weighted by molar-refractivity contribution is 0.367. The smallest absolute Gasteiger partial charge is 0.224 e. The van der Waals surface area contributed by atoms with Gasteiger partial charge in [-0.2, -0.15) is 15.1 Å². The quantitative estimate of drug-likeness (QED) is 0.689. The topological polar surface area (TPSA) is 95.7 Å². The molecule has 2 rings (SSSR count). The largest absolute Gasteiger partial charge is 0.368 e. The highest BCUT2D eigenvalue weighted by molar-refractivity contribution is 5.86. The van der Waals surface area contributed by atoms with Crippen LogP contribution >= 0.6 is 0 Å². The van der Waals surface area contributed by atoms with E-state index < -0.39 is 0 Å². The molecular formula is C10H17N7. The number of nitrogens with two attached hydrogens (primary N) is 1. The van der Waals surface area contributed by atoms with Gasteiger partial charge in [-0.3, -0.25) is 5.10 Å². The standard InChI is InChI=1S/C10H17N7/c1-3-17(2)5-4-12-8-7-6-13-16-9(7)15-10(11)14-8/h6H,3-5H2,1-2H3,(H4,11,12,13,14,15,16). The lowest BCUT2D eigenvalue weighted by Crippen LogP contribution is -2.25. The molecule has 17 heavy (non-hydrogen) atoms. The predicted octanol–water partition coefficient (Wildman–Crippen LogP) is 0.299. The zero-order valence-electron chi connectivity index (χ0n) is 10.1. The first kappa shape index (κ1) is 11.6. The van der Waals surface area contributed by atoms with Gasteiger partial charge >= 0.3 is 0 Å². The first-order chi connectivity index (χ1) is 8.20. The fraction of sp³-hybridized carbons (Fsp3) is 0.500. The summed E-state index contributed by atoms with van der Waals surface area (Å²) >= 11 is 0. The van der Waals surface area contributed by atoms with E-state index in [2.05, 4.69) is 44.4 Å². The number of aromatic amines is 1. The van der Waals surface area contributed by atoms with E-state index in [9.17, 15) is 0 Å². The SMILES string of the molecule is CCN(C)CCNc1nc(N)nc2[nH]ncc12. The van der Waals surface area contributed by atoms with Crippen molar-refractivity contribution in [2.24, 2.45) is 0 Å². The van der Waals surface area contributed by atoms with Crippen LogP contribution in [0.4, 0.5) is 11.8 Å². The predicted molar refractivity (Wildman–Crippen MR) is 67.8 cm³/mol. The molecule has 7 heteroatoms. The Labute approximate surface area is 99.4 Å². The highest BCUT2D eigenvalue weighted by atomic mass is 15.2. The first-order valence-electron chi connectivity index (χ1n) is 5.59. The van der Waals surface area contributed by atoms with Crippen molar-refractivity contribution in [2.75, 3.05) is 37.7 Å². The van der Waals surface area contributed by atoms with Gasteiger partial charge in [-0.1, -0.05) is 6.92 Å². The fourth-order valence-corrected chi connectivity index (χ4v) is 1.51. The molecule has 2 aromatic rings. The number of fused-ring (bicyclic) bond motifs is 1. The maximum atomic E-state index is 5.62. The zero-order chi connectivity index (χ0) is 12.3. The minimum Gasteiger partial charge on any atom is -0.368 e. The molecule has 0 fully saturated rings. The second-order valence-electron chi connectivity index (χ2n) is 3.89. The third-order valence-corrected chi connectivity index (χ3v) is 2.65. The van der Waals surface area contributed by atoms with Crippen molar-refractivity contribution < 1.29 is 0 Å². The van der Waals surface area contributed by atoms with E-state index in [-0.39, 0.29) is 5.95 Å². The Morgan fingerprint density at radius 1 is 1.47 bits per heavy atom. The van der Waals surface area contributed by atoms with Crippen LogP contribution in [0.1, 0.15) is 6.92 Å². The van der Waals surface area contributed by atoms with Crippen LogP contribution < -0.4 is 11.1 Å². The Kier molecular flexibility index (Phi) is 3.38. The summed E-state index contributed by atoms with van der Waals surface area (Å²) < 4.78 is 0. The molecule has 0 unspecified atom stereocenters. The van der Waals surface area contributed by atoms with Gasteiger partial charge in [0.05, 0.1) is 11.6 Å². The number of H-pyrrole nitrogens is 1. The van der Waals surface area contributed by atoms with E-state index in [4.69, 9.17) is 5.73 Å². The second-order valence-corrected chi connectivity index (χ2v) is 3.89. The molecule has 0 bridgehead atoms. The molecule has 7 nitrogen and oxygen atoms in total. The minimum absolute atomic E-state index is 0.244. The zero-order valence-corrected chi connectivity index (χ0v) is 10.1. The van der Waals surface area contributed by atoms with E-state index in [0.29, 0.717) is 5.65 Å². The Balaban J connectivity index is 2.09. The fourth-order valence-electron chi connectivity index (χ4n) is 1.51. The Morgan fingerprint density at radius 3 is 3.06 bits per heavy atom. The van der Waals surface area contributed by atoms with E-state index in [1.165, 1.54) is 0 Å². The summed E-state index contributed by atoms with van der Waals surface area (Å²) in [5.41, 5.74) is 6.28. The monoisotopic (exact) mass is 235 g/mol. The molecule has 0 saturated heterocycles. The van der Waals surface area contributed by atoms with Gasteiger partial charge in [0, 0.05) is 13.1 Å². The summed E-state index contributed by atoms with van der Waals surface area (Å²) in [7, 11) is 2.07. The summed E-state index contributed by atoms with van der Waals surface area (Å²) in [5, 5.41) is 10.8. The number of nitrogens with one attached hydrogen (secondary N) is 2. The summed E-state index contributed by atoms with van der Waals surface area (Å²) in [5.74, 6) is 0.971. The van der Waals surface area contributed by atoms with Crippen LogP contribution in [0.2, 0.25) is 0 Å². The van der Waals surface area contributed by atoms with Crippen molar-refractivity contribution in [1.82, 2.24) is 25.1 Å². The molecule has 2 aromatic heterocycles. The number of anilines is 2. The average molecular weight is 235 g/mol. The lowest BCUT2D eigenvalue weighted by atomic mass is 10.4. The Hall–Kier alpha value is -1.89. The third kappa shape index (κ3) is 2.62. The van der Waals surface area contributed by atoms with Crippen LogP contribution in [0.3, 0.4) is 0 Å². The van der Waals surface area contributed by atoms with Crippen LogP contribution in [0.25, 0.3) is 11.0 Å². The highest BCUT2D eigenvalue weighted by Crippen LogP contribution is 2.18. The van der Waals surface area contributed by atoms with Crippen molar-refractivity contribution in [3.63, 3.8) is 0 Å². The maximum Gasteiger partial charge on any atom is 0.224 e. The van der Waals surface area contributed by atoms with Gasteiger partial charge in [-0.05, 0) is 13.6 Å². The van der Waals surface area contributed by atoms with E-state index >= 15 is 0 Å². The number of nitrogen functional groups attached to an aromatic ring is 1.